The average Bonchev–Trinajstić information content (AvgIpc) is 3.14. The third kappa shape index (κ3) is 4.75. The van der Waals surface area contributed by atoms with Gasteiger partial charge in [-0.05, 0) is 67.8 Å². The van der Waals surface area contributed by atoms with Gasteiger partial charge in [-0.1, -0.05) is 36.4 Å². The van der Waals surface area contributed by atoms with E-state index in [4.69, 9.17) is 4.74 Å². The minimum atomic E-state index is -3.89. The fourth-order valence-corrected chi connectivity index (χ4v) is 5.67. The van der Waals surface area contributed by atoms with Crippen molar-refractivity contribution in [2.24, 2.45) is 0 Å². The van der Waals surface area contributed by atoms with Crippen LogP contribution in [0.4, 0.5) is 11.4 Å². The smallest absolute Gasteiger partial charge is 0.338 e. The van der Waals surface area contributed by atoms with Crippen molar-refractivity contribution < 1.29 is 22.7 Å². The van der Waals surface area contributed by atoms with E-state index in [0.717, 1.165) is 11.1 Å². The first kappa shape index (κ1) is 22.5. The summed E-state index contributed by atoms with van der Waals surface area (Å²) in [6, 6.07) is 20.1. The highest BCUT2D eigenvalue weighted by Crippen LogP contribution is 2.36. The Morgan fingerprint density at radius 3 is 2.58 bits per heavy atom. The molecule has 0 saturated heterocycles. The van der Waals surface area contributed by atoms with Gasteiger partial charge in [0.05, 0.1) is 16.1 Å². The highest BCUT2D eigenvalue weighted by atomic mass is 32.2. The zero-order valence-corrected chi connectivity index (χ0v) is 19.1. The lowest BCUT2D eigenvalue weighted by Crippen LogP contribution is -2.35. The van der Waals surface area contributed by atoms with Crippen LogP contribution in [0.1, 0.15) is 28.4 Å². The number of anilines is 2. The van der Waals surface area contributed by atoms with Gasteiger partial charge >= 0.3 is 5.97 Å². The molecule has 1 aliphatic rings. The molecular weight excluding hydrogens is 440 g/mol. The van der Waals surface area contributed by atoms with Crippen LogP contribution in [0.25, 0.3) is 0 Å². The molecule has 0 radical (unpaired) electrons. The molecule has 1 aliphatic heterocycles. The zero-order chi connectivity index (χ0) is 23.6. The molecule has 0 aromatic heterocycles. The highest BCUT2D eigenvalue weighted by molar-refractivity contribution is 7.92. The molecule has 0 fully saturated rings. The number of hydrogen-bond acceptors (Lipinski definition) is 5. The molecule has 4 rings (SSSR count). The Balaban J connectivity index is 1.47. The normalized spacial score (nSPS) is 15.1. The number of fused-ring (bicyclic) bond motifs is 1. The van der Waals surface area contributed by atoms with Gasteiger partial charge in [-0.3, -0.25) is 9.10 Å². The van der Waals surface area contributed by atoms with Gasteiger partial charge in [0.1, 0.15) is 0 Å². The van der Waals surface area contributed by atoms with Gasteiger partial charge in [0.15, 0.2) is 6.61 Å². The van der Waals surface area contributed by atoms with Crippen molar-refractivity contribution in [1.29, 1.82) is 0 Å². The number of para-hydroxylation sites is 1. The van der Waals surface area contributed by atoms with Crippen LogP contribution in [-0.2, 0) is 26.0 Å². The summed E-state index contributed by atoms with van der Waals surface area (Å²) < 4.78 is 33.3. The van der Waals surface area contributed by atoms with Crippen molar-refractivity contribution in [1.82, 2.24) is 0 Å². The van der Waals surface area contributed by atoms with E-state index in [0.29, 0.717) is 17.8 Å². The van der Waals surface area contributed by atoms with Crippen LogP contribution in [0.5, 0.6) is 0 Å². The van der Waals surface area contributed by atoms with Gasteiger partial charge in [-0.25, -0.2) is 13.2 Å². The molecule has 170 valence electrons. The second-order valence-corrected chi connectivity index (χ2v) is 9.82. The topological polar surface area (TPSA) is 92.8 Å². The molecule has 0 saturated carbocycles. The Kier molecular flexibility index (Phi) is 6.20. The summed E-state index contributed by atoms with van der Waals surface area (Å²) >= 11 is 0. The molecule has 1 amide bonds. The molecule has 0 aliphatic carbocycles. The number of hydrogen-bond donors (Lipinski definition) is 1. The third-order valence-corrected chi connectivity index (χ3v) is 7.33. The van der Waals surface area contributed by atoms with Crippen molar-refractivity contribution >= 4 is 33.3 Å². The van der Waals surface area contributed by atoms with E-state index in [2.05, 4.69) is 5.32 Å². The second kappa shape index (κ2) is 9.07. The van der Waals surface area contributed by atoms with Crippen molar-refractivity contribution in [3.8, 4) is 0 Å². The number of carbonyl (C=O) groups is 2. The fourth-order valence-electron chi connectivity index (χ4n) is 3.93. The monoisotopic (exact) mass is 464 g/mol. The van der Waals surface area contributed by atoms with Gasteiger partial charge in [0.2, 0.25) is 0 Å². The Morgan fingerprint density at radius 2 is 1.79 bits per heavy atom. The minimum Gasteiger partial charge on any atom is -0.452 e. The molecule has 1 N–H and O–H groups in total. The van der Waals surface area contributed by atoms with E-state index in [9.17, 15) is 18.0 Å². The molecule has 0 spiro atoms. The van der Waals surface area contributed by atoms with E-state index in [1.54, 1.807) is 24.3 Å². The number of esters is 1. The van der Waals surface area contributed by atoms with Gasteiger partial charge in [-0.15, -0.1) is 0 Å². The fraction of sp³-hybridized carbons (Fsp3) is 0.200. The number of rotatable bonds is 6. The quantitative estimate of drug-likeness (QED) is 0.558. The first-order valence-corrected chi connectivity index (χ1v) is 12.0. The van der Waals surface area contributed by atoms with Crippen LogP contribution >= 0.6 is 0 Å². The first-order valence-electron chi connectivity index (χ1n) is 10.5. The van der Waals surface area contributed by atoms with E-state index in [-0.39, 0.29) is 16.5 Å². The molecule has 1 heterocycles. The number of sulfonamides is 1. The predicted octanol–water partition coefficient (Wildman–Crippen LogP) is 3.93. The molecule has 0 bridgehead atoms. The van der Waals surface area contributed by atoms with E-state index >= 15 is 0 Å². The first-order chi connectivity index (χ1) is 15.8. The van der Waals surface area contributed by atoms with E-state index in [1.165, 1.54) is 28.6 Å². The molecule has 7 nitrogen and oxygen atoms in total. The number of ether oxygens (including phenoxy) is 1. The van der Waals surface area contributed by atoms with Crippen molar-refractivity contribution in [3.05, 3.63) is 89.5 Å². The van der Waals surface area contributed by atoms with Crippen LogP contribution in [0.3, 0.4) is 0 Å². The van der Waals surface area contributed by atoms with Gasteiger partial charge < -0.3 is 10.1 Å². The standard InChI is InChI=1S/C25H24N2O5S/c1-17-7-5-10-21(13-17)26-24(28)16-32-25(29)20-9-6-11-22(15-20)33(30,31)27-18(2)14-19-8-3-4-12-23(19)27/h3-13,15,18H,14,16H2,1-2H3,(H,26,28). The Labute approximate surface area is 193 Å². The van der Waals surface area contributed by atoms with Gasteiger partial charge in [0, 0.05) is 11.7 Å². The maximum absolute atomic E-state index is 13.4. The number of nitrogens with one attached hydrogen (secondary N) is 1. The van der Waals surface area contributed by atoms with Crippen molar-refractivity contribution in [2.75, 3.05) is 16.2 Å². The van der Waals surface area contributed by atoms with Crippen molar-refractivity contribution in [3.63, 3.8) is 0 Å². The molecular formula is C25H24N2O5S. The Morgan fingerprint density at radius 1 is 1.03 bits per heavy atom. The second-order valence-electron chi connectivity index (χ2n) is 8.00. The number of benzene rings is 3. The maximum atomic E-state index is 13.4. The van der Waals surface area contributed by atoms with Gasteiger partial charge in [-0.2, -0.15) is 0 Å². The maximum Gasteiger partial charge on any atom is 0.338 e. The number of aryl methyl sites for hydroxylation is 1. The highest BCUT2D eigenvalue weighted by Gasteiger charge is 2.36. The van der Waals surface area contributed by atoms with Crippen LogP contribution in [0.15, 0.2) is 77.7 Å². The molecule has 8 heteroatoms. The summed E-state index contributed by atoms with van der Waals surface area (Å²) in [6.45, 7) is 3.26. The van der Waals surface area contributed by atoms with E-state index in [1.807, 2.05) is 38.1 Å². The number of amides is 1. The average molecular weight is 465 g/mol. The summed E-state index contributed by atoms with van der Waals surface area (Å²) in [5.41, 5.74) is 3.25. The SMILES string of the molecule is Cc1cccc(NC(=O)COC(=O)c2cccc(S(=O)(=O)N3c4ccccc4CC3C)c2)c1. The molecule has 1 atom stereocenters. The largest absolute Gasteiger partial charge is 0.452 e. The van der Waals surface area contributed by atoms with Crippen LogP contribution in [0.2, 0.25) is 0 Å². The summed E-state index contributed by atoms with van der Waals surface area (Å²) in [5, 5.41) is 2.66. The summed E-state index contributed by atoms with van der Waals surface area (Å²) in [5.74, 6) is -1.26. The minimum absolute atomic E-state index is 0.00952. The lowest BCUT2D eigenvalue weighted by Gasteiger charge is -2.24. The third-order valence-electron chi connectivity index (χ3n) is 5.41. The number of nitrogens with zero attached hydrogens (tertiary/aromatic N) is 1. The van der Waals surface area contributed by atoms with Crippen LogP contribution < -0.4 is 9.62 Å². The molecule has 3 aromatic carbocycles. The predicted molar refractivity (Wildman–Crippen MR) is 126 cm³/mol. The number of carbonyl (C=O) groups excluding carboxylic acids is 2. The Bertz CT molecular complexity index is 1320. The summed E-state index contributed by atoms with van der Waals surface area (Å²) in [4.78, 5) is 24.6. The molecule has 1 unspecified atom stereocenters. The van der Waals surface area contributed by atoms with Crippen LogP contribution in [0, 0.1) is 6.92 Å². The lowest BCUT2D eigenvalue weighted by molar-refractivity contribution is -0.119. The van der Waals surface area contributed by atoms with Gasteiger partial charge in [0.25, 0.3) is 15.9 Å². The molecule has 33 heavy (non-hydrogen) atoms. The Hall–Kier alpha value is -3.65. The lowest BCUT2D eigenvalue weighted by atomic mass is 10.1. The van der Waals surface area contributed by atoms with Crippen LogP contribution in [-0.4, -0.2) is 32.9 Å². The van der Waals surface area contributed by atoms with E-state index < -0.39 is 28.5 Å². The van der Waals surface area contributed by atoms with Crippen molar-refractivity contribution in [2.45, 2.75) is 31.2 Å². The zero-order valence-electron chi connectivity index (χ0n) is 18.3. The molecule has 3 aromatic rings. The summed E-state index contributed by atoms with van der Waals surface area (Å²) in [6.07, 6.45) is 0.618. The summed E-state index contributed by atoms with van der Waals surface area (Å²) in [7, 11) is -3.89.